The number of thiazole rings is 1. The molecule has 1 heterocycles. The van der Waals surface area contributed by atoms with Gasteiger partial charge in [0.05, 0.1) is 6.04 Å². The molecule has 0 spiro atoms. The molecular formula is C17H23N3OS. The molecule has 1 amide bonds. The van der Waals surface area contributed by atoms with Crippen LogP contribution in [0.1, 0.15) is 58.9 Å². The Morgan fingerprint density at radius 1 is 1.36 bits per heavy atom. The van der Waals surface area contributed by atoms with Crippen molar-refractivity contribution < 1.29 is 4.79 Å². The fourth-order valence-corrected chi connectivity index (χ4v) is 2.96. The molecule has 0 saturated heterocycles. The average Bonchev–Trinajstić information content (AvgIpc) is 2.98. The maximum atomic E-state index is 12.3. The van der Waals surface area contributed by atoms with Crippen molar-refractivity contribution >= 4 is 22.9 Å². The quantitative estimate of drug-likeness (QED) is 0.839. The highest BCUT2D eigenvalue weighted by Crippen LogP contribution is 2.22. The number of benzene rings is 1. The van der Waals surface area contributed by atoms with Crippen molar-refractivity contribution in [2.45, 2.75) is 46.1 Å². The summed E-state index contributed by atoms with van der Waals surface area (Å²) in [5, 5.41) is 5.49. The van der Waals surface area contributed by atoms with Crippen molar-refractivity contribution in [3.8, 4) is 0 Å². The van der Waals surface area contributed by atoms with Crippen LogP contribution in [0.3, 0.4) is 0 Å². The largest absolute Gasteiger partial charge is 0.322 e. The molecule has 1 atom stereocenters. The number of nitrogens with one attached hydrogen (secondary N) is 1. The van der Waals surface area contributed by atoms with E-state index in [2.05, 4.69) is 17.2 Å². The van der Waals surface area contributed by atoms with Crippen LogP contribution in [-0.4, -0.2) is 10.9 Å². The molecule has 0 fully saturated rings. The van der Waals surface area contributed by atoms with E-state index in [1.54, 1.807) is 5.38 Å². The fourth-order valence-electron chi connectivity index (χ4n) is 2.12. The first-order valence-electron chi connectivity index (χ1n) is 7.61. The van der Waals surface area contributed by atoms with Crippen LogP contribution >= 0.6 is 11.3 Å². The van der Waals surface area contributed by atoms with Crippen LogP contribution in [0.2, 0.25) is 0 Å². The first-order chi connectivity index (χ1) is 10.5. The van der Waals surface area contributed by atoms with Gasteiger partial charge in [0.1, 0.15) is 10.7 Å². The number of aromatic nitrogens is 1. The summed E-state index contributed by atoms with van der Waals surface area (Å²) in [5.41, 5.74) is 9.68. The molecule has 118 valence electrons. The molecule has 0 saturated carbocycles. The van der Waals surface area contributed by atoms with Gasteiger partial charge in [0.2, 0.25) is 0 Å². The summed E-state index contributed by atoms with van der Waals surface area (Å²) >= 11 is 1.46. The molecule has 0 aliphatic carbocycles. The number of hydrogen-bond donors (Lipinski definition) is 2. The van der Waals surface area contributed by atoms with Crippen molar-refractivity contribution in [2.75, 3.05) is 5.32 Å². The van der Waals surface area contributed by atoms with Crippen LogP contribution in [-0.2, 0) is 0 Å². The van der Waals surface area contributed by atoms with E-state index in [1.807, 2.05) is 32.0 Å². The molecular weight excluding hydrogens is 294 g/mol. The molecule has 3 N–H and O–H groups in total. The number of amides is 1. The predicted molar refractivity (Wildman–Crippen MR) is 92.4 cm³/mol. The Morgan fingerprint density at radius 2 is 2.14 bits per heavy atom. The van der Waals surface area contributed by atoms with Gasteiger partial charge in [-0.3, -0.25) is 4.79 Å². The number of hydrogen-bond acceptors (Lipinski definition) is 4. The molecule has 1 aromatic carbocycles. The molecule has 22 heavy (non-hydrogen) atoms. The SMILES string of the molecule is CCCCC(N)c1nc(C(=O)Nc2ccc(C)c(C)c2)cs1. The molecule has 0 bridgehead atoms. The predicted octanol–water partition coefficient (Wildman–Crippen LogP) is 4.20. The second-order valence-electron chi connectivity index (χ2n) is 5.57. The minimum Gasteiger partial charge on any atom is -0.322 e. The molecule has 1 aromatic heterocycles. The molecule has 0 radical (unpaired) electrons. The van der Waals surface area contributed by atoms with Crippen LogP contribution in [0.15, 0.2) is 23.6 Å². The van der Waals surface area contributed by atoms with Crippen molar-refractivity contribution in [1.29, 1.82) is 0 Å². The lowest BCUT2D eigenvalue weighted by Gasteiger charge is -2.07. The molecule has 5 heteroatoms. The Morgan fingerprint density at radius 3 is 2.82 bits per heavy atom. The Balaban J connectivity index is 2.03. The number of unbranched alkanes of at least 4 members (excludes halogenated alkanes) is 1. The molecule has 2 rings (SSSR count). The van der Waals surface area contributed by atoms with Gasteiger partial charge in [0, 0.05) is 11.1 Å². The van der Waals surface area contributed by atoms with Crippen molar-refractivity contribution in [3.05, 3.63) is 45.4 Å². The number of anilines is 1. The van der Waals surface area contributed by atoms with Gasteiger partial charge in [-0.2, -0.15) is 0 Å². The summed E-state index contributed by atoms with van der Waals surface area (Å²) in [6, 6.07) is 5.79. The monoisotopic (exact) mass is 317 g/mol. The maximum Gasteiger partial charge on any atom is 0.275 e. The van der Waals surface area contributed by atoms with E-state index in [0.29, 0.717) is 5.69 Å². The first kappa shape index (κ1) is 16.6. The smallest absolute Gasteiger partial charge is 0.275 e. The van der Waals surface area contributed by atoms with E-state index in [0.717, 1.165) is 35.5 Å². The lowest BCUT2D eigenvalue weighted by molar-refractivity contribution is 0.102. The van der Waals surface area contributed by atoms with Crippen LogP contribution in [0.5, 0.6) is 0 Å². The van der Waals surface area contributed by atoms with E-state index < -0.39 is 0 Å². The van der Waals surface area contributed by atoms with Gasteiger partial charge in [-0.25, -0.2) is 4.98 Å². The lowest BCUT2D eigenvalue weighted by atomic mass is 10.1. The van der Waals surface area contributed by atoms with E-state index in [-0.39, 0.29) is 11.9 Å². The number of aryl methyl sites for hydroxylation is 2. The van der Waals surface area contributed by atoms with Gasteiger partial charge in [0.15, 0.2) is 0 Å². The average molecular weight is 317 g/mol. The first-order valence-corrected chi connectivity index (χ1v) is 8.48. The van der Waals surface area contributed by atoms with Crippen molar-refractivity contribution in [3.63, 3.8) is 0 Å². The molecule has 0 aliphatic heterocycles. The Labute approximate surface area is 135 Å². The summed E-state index contributed by atoms with van der Waals surface area (Å²) in [6.45, 7) is 6.21. The van der Waals surface area contributed by atoms with Gasteiger partial charge >= 0.3 is 0 Å². The zero-order valence-corrected chi connectivity index (χ0v) is 14.2. The van der Waals surface area contributed by atoms with E-state index in [4.69, 9.17) is 5.73 Å². The van der Waals surface area contributed by atoms with Gasteiger partial charge < -0.3 is 11.1 Å². The third kappa shape index (κ3) is 4.15. The highest BCUT2D eigenvalue weighted by Gasteiger charge is 2.15. The Hall–Kier alpha value is -1.72. The number of nitrogens with zero attached hydrogens (tertiary/aromatic N) is 1. The summed E-state index contributed by atoms with van der Waals surface area (Å²) < 4.78 is 0. The number of carbonyl (C=O) groups excluding carboxylic acids is 1. The van der Waals surface area contributed by atoms with E-state index in [1.165, 1.54) is 16.9 Å². The zero-order valence-electron chi connectivity index (χ0n) is 13.3. The highest BCUT2D eigenvalue weighted by molar-refractivity contribution is 7.09. The molecule has 0 aliphatic rings. The Kier molecular flexibility index (Phi) is 5.69. The van der Waals surface area contributed by atoms with E-state index >= 15 is 0 Å². The van der Waals surface area contributed by atoms with Crippen LogP contribution in [0, 0.1) is 13.8 Å². The van der Waals surface area contributed by atoms with Gasteiger partial charge in [-0.15, -0.1) is 11.3 Å². The van der Waals surface area contributed by atoms with Gasteiger partial charge in [-0.05, 0) is 43.5 Å². The van der Waals surface area contributed by atoms with Gasteiger partial charge in [-0.1, -0.05) is 25.8 Å². The molecule has 4 nitrogen and oxygen atoms in total. The highest BCUT2D eigenvalue weighted by atomic mass is 32.1. The minimum absolute atomic E-state index is 0.0758. The third-order valence-corrected chi connectivity index (χ3v) is 4.68. The summed E-state index contributed by atoms with van der Waals surface area (Å²) in [6.07, 6.45) is 3.09. The maximum absolute atomic E-state index is 12.3. The van der Waals surface area contributed by atoms with Crippen LogP contribution in [0.4, 0.5) is 5.69 Å². The lowest BCUT2D eigenvalue weighted by Crippen LogP contribution is -2.14. The van der Waals surface area contributed by atoms with Crippen molar-refractivity contribution in [1.82, 2.24) is 4.98 Å². The zero-order chi connectivity index (χ0) is 16.1. The fraction of sp³-hybridized carbons (Fsp3) is 0.412. The number of carbonyl (C=O) groups is 1. The Bertz CT molecular complexity index is 651. The second-order valence-corrected chi connectivity index (χ2v) is 6.46. The molecule has 2 aromatic rings. The van der Waals surface area contributed by atoms with Gasteiger partial charge in [0.25, 0.3) is 5.91 Å². The minimum atomic E-state index is -0.187. The summed E-state index contributed by atoms with van der Waals surface area (Å²) in [4.78, 5) is 16.6. The standard InChI is InChI=1S/C17H23N3OS/c1-4-5-6-14(18)17-20-15(10-22-17)16(21)19-13-8-7-11(2)12(3)9-13/h7-10,14H,4-6,18H2,1-3H3,(H,19,21). The second kappa shape index (κ2) is 7.51. The summed E-state index contributed by atoms with van der Waals surface area (Å²) in [7, 11) is 0. The topological polar surface area (TPSA) is 68.0 Å². The van der Waals surface area contributed by atoms with Crippen LogP contribution in [0.25, 0.3) is 0 Å². The number of rotatable bonds is 6. The summed E-state index contributed by atoms with van der Waals surface area (Å²) in [5.74, 6) is -0.187. The normalized spacial score (nSPS) is 12.2. The van der Waals surface area contributed by atoms with Crippen LogP contribution < -0.4 is 11.1 Å². The van der Waals surface area contributed by atoms with E-state index in [9.17, 15) is 4.79 Å². The number of nitrogens with two attached hydrogens (primary N) is 1. The molecule has 1 unspecified atom stereocenters. The van der Waals surface area contributed by atoms with Crippen molar-refractivity contribution in [2.24, 2.45) is 5.73 Å². The third-order valence-electron chi connectivity index (χ3n) is 3.71.